The third-order valence-electron chi connectivity index (χ3n) is 6.83. The summed E-state index contributed by atoms with van der Waals surface area (Å²) in [5.74, 6) is -0.588. The predicted molar refractivity (Wildman–Crippen MR) is 126 cm³/mol. The average molecular weight is 488 g/mol. The molecule has 0 bridgehead atoms. The Kier molecular flexibility index (Phi) is 5.85. The van der Waals surface area contributed by atoms with Gasteiger partial charge in [0.25, 0.3) is 5.91 Å². The number of rotatable bonds is 3. The molecule has 1 saturated carbocycles. The minimum absolute atomic E-state index is 0.157. The highest BCUT2D eigenvalue weighted by molar-refractivity contribution is 6.31. The molecule has 1 fully saturated rings. The van der Waals surface area contributed by atoms with Gasteiger partial charge in [-0.25, -0.2) is 14.4 Å². The van der Waals surface area contributed by atoms with Gasteiger partial charge in [-0.2, -0.15) is 0 Å². The SMILES string of the molecule is Cc1nc([C@H]2CC(C)Oc3c2cc(Cl)c(F)c3C(=O)N[C@H]2CCCC[C@H]2O)n2ccnc(N)c12. The molecule has 10 heteroatoms. The lowest BCUT2D eigenvalue weighted by Gasteiger charge is -2.33. The summed E-state index contributed by atoms with van der Waals surface area (Å²) in [6.07, 6.45) is 5.98. The highest BCUT2D eigenvalue weighted by Gasteiger charge is 2.37. The lowest BCUT2D eigenvalue weighted by Crippen LogP contribution is -2.45. The van der Waals surface area contributed by atoms with E-state index in [4.69, 9.17) is 27.1 Å². The number of benzene rings is 1. The van der Waals surface area contributed by atoms with Gasteiger partial charge >= 0.3 is 0 Å². The van der Waals surface area contributed by atoms with Crippen molar-refractivity contribution in [2.45, 2.75) is 70.1 Å². The molecule has 1 unspecified atom stereocenters. The molecule has 5 rings (SSSR count). The largest absolute Gasteiger partial charge is 0.489 e. The normalized spacial score (nSPS) is 24.5. The van der Waals surface area contributed by atoms with Crippen molar-refractivity contribution in [3.8, 4) is 5.75 Å². The number of nitrogens with two attached hydrogens (primary N) is 1. The van der Waals surface area contributed by atoms with E-state index in [1.807, 2.05) is 18.2 Å². The summed E-state index contributed by atoms with van der Waals surface area (Å²) >= 11 is 6.29. The van der Waals surface area contributed by atoms with E-state index in [1.165, 1.54) is 6.07 Å². The quantitative estimate of drug-likeness (QED) is 0.518. The van der Waals surface area contributed by atoms with Crippen LogP contribution in [0.2, 0.25) is 5.02 Å². The third kappa shape index (κ3) is 3.76. The van der Waals surface area contributed by atoms with Crippen molar-refractivity contribution in [3.05, 3.63) is 51.9 Å². The van der Waals surface area contributed by atoms with Gasteiger partial charge in [0, 0.05) is 23.9 Å². The number of nitrogen functional groups attached to an aromatic ring is 1. The number of hydrogen-bond acceptors (Lipinski definition) is 6. The van der Waals surface area contributed by atoms with Crippen molar-refractivity contribution in [2.75, 3.05) is 5.73 Å². The number of nitrogens with zero attached hydrogens (tertiary/aromatic N) is 3. The first-order valence-corrected chi connectivity index (χ1v) is 11.9. The van der Waals surface area contributed by atoms with Crippen molar-refractivity contribution in [1.82, 2.24) is 19.7 Å². The molecule has 2 aliphatic rings. The Balaban J connectivity index is 1.62. The molecular formula is C24H27ClFN5O3. The number of amides is 1. The number of aliphatic hydroxyl groups is 1. The van der Waals surface area contributed by atoms with Gasteiger partial charge in [0.15, 0.2) is 5.82 Å². The van der Waals surface area contributed by atoms with E-state index in [0.29, 0.717) is 42.0 Å². The van der Waals surface area contributed by atoms with Gasteiger partial charge < -0.3 is 20.9 Å². The van der Waals surface area contributed by atoms with Crippen LogP contribution in [0.3, 0.4) is 0 Å². The van der Waals surface area contributed by atoms with Crippen LogP contribution >= 0.6 is 11.6 Å². The molecule has 0 saturated heterocycles. The molecule has 3 heterocycles. The Morgan fingerprint density at radius 2 is 2.15 bits per heavy atom. The molecule has 0 spiro atoms. The van der Waals surface area contributed by atoms with E-state index in [-0.39, 0.29) is 28.4 Å². The average Bonchev–Trinajstić information content (AvgIpc) is 3.13. The lowest BCUT2D eigenvalue weighted by atomic mass is 9.87. The molecule has 1 aromatic carbocycles. The number of imidazole rings is 1. The van der Waals surface area contributed by atoms with E-state index in [0.717, 1.165) is 18.5 Å². The zero-order valence-electron chi connectivity index (χ0n) is 19.0. The van der Waals surface area contributed by atoms with Crippen LogP contribution in [0.1, 0.15) is 72.4 Å². The number of fused-ring (bicyclic) bond motifs is 2. The fraction of sp³-hybridized carbons (Fsp3) is 0.458. The van der Waals surface area contributed by atoms with Crippen LogP contribution < -0.4 is 15.8 Å². The molecule has 3 aromatic rings. The number of ether oxygens (including phenoxy) is 1. The molecule has 1 amide bonds. The predicted octanol–water partition coefficient (Wildman–Crippen LogP) is 3.75. The number of carbonyl (C=O) groups is 1. The van der Waals surface area contributed by atoms with E-state index < -0.39 is 23.9 Å². The van der Waals surface area contributed by atoms with Crippen LogP contribution in [-0.2, 0) is 0 Å². The number of carbonyl (C=O) groups excluding carboxylic acids is 1. The fourth-order valence-corrected chi connectivity index (χ4v) is 5.42. The van der Waals surface area contributed by atoms with Crippen molar-refractivity contribution in [2.24, 2.45) is 0 Å². The van der Waals surface area contributed by atoms with Gasteiger partial charge in [0.05, 0.1) is 29.0 Å². The van der Waals surface area contributed by atoms with E-state index >= 15 is 4.39 Å². The number of aromatic nitrogens is 3. The monoisotopic (exact) mass is 487 g/mol. The first kappa shape index (κ1) is 22.9. The van der Waals surface area contributed by atoms with Gasteiger partial charge in [0.1, 0.15) is 28.5 Å². The molecule has 4 N–H and O–H groups in total. The maximum absolute atomic E-state index is 15.3. The van der Waals surface area contributed by atoms with E-state index in [2.05, 4.69) is 10.3 Å². The minimum Gasteiger partial charge on any atom is -0.489 e. The van der Waals surface area contributed by atoms with E-state index in [9.17, 15) is 9.90 Å². The zero-order valence-corrected chi connectivity index (χ0v) is 19.8. The highest BCUT2D eigenvalue weighted by atomic mass is 35.5. The lowest BCUT2D eigenvalue weighted by molar-refractivity contribution is 0.0707. The molecular weight excluding hydrogens is 461 g/mol. The van der Waals surface area contributed by atoms with Gasteiger partial charge in [-0.1, -0.05) is 24.4 Å². The number of hydrogen-bond donors (Lipinski definition) is 3. The molecule has 1 aliphatic carbocycles. The Hall–Kier alpha value is -2.91. The van der Waals surface area contributed by atoms with Crippen molar-refractivity contribution in [3.63, 3.8) is 0 Å². The van der Waals surface area contributed by atoms with Crippen molar-refractivity contribution >= 4 is 28.8 Å². The van der Waals surface area contributed by atoms with Crippen LogP contribution in [0, 0.1) is 12.7 Å². The van der Waals surface area contributed by atoms with Gasteiger partial charge in [-0.15, -0.1) is 0 Å². The van der Waals surface area contributed by atoms with Gasteiger partial charge in [-0.05, 0) is 39.2 Å². The molecule has 0 radical (unpaired) electrons. The number of aliphatic hydroxyl groups excluding tert-OH is 1. The second kappa shape index (κ2) is 8.70. The molecule has 2 aromatic heterocycles. The smallest absolute Gasteiger partial charge is 0.258 e. The maximum atomic E-state index is 15.3. The second-order valence-electron chi connectivity index (χ2n) is 9.20. The van der Waals surface area contributed by atoms with Gasteiger partial charge in [0.2, 0.25) is 0 Å². The number of anilines is 1. The van der Waals surface area contributed by atoms with Crippen LogP contribution in [0.15, 0.2) is 18.5 Å². The summed E-state index contributed by atoms with van der Waals surface area (Å²) in [5, 5.41) is 12.9. The second-order valence-corrected chi connectivity index (χ2v) is 9.61. The van der Waals surface area contributed by atoms with E-state index in [1.54, 1.807) is 12.4 Å². The first-order valence-electron chi connectivity index (χ1n) is 11.5. The maximum Gasteiger partial charge on any atom is 0.258 e. The standard InChI is InChI=1S/C24H27ClFN5O3/c1-11-9-14(23-29-12(2)20-22(27)28-7-8-31(20)23)13-10-15(25)19(26)18(21(13)34-11)24(33)30-16-5-3-4-6-17(16)32/h7-8,10-11,14,16-17,32H,3-6,9H2,1-2H3,(H2,27,28)(H,30,33)/t11?,14-,16-,17+/m0/s1. The molecule has 180 valence electrons. The molecule has 1 aliphatic heterocycles. The van der Waals surface area contributed by atoms with Crippen LogP contribution in [0.25, 0.3) is 5.52 Å². The van der Waals surface area contributed by atoms with Gasteiger partial charge in [-0.3, -0.25) is 9.20 Å². The molecule has 34 heavy (non-hydrogen) atoms. The van der Waals surface area contributed by atoms with Crippen molar-refractivity contribution < 1.29 is 19.0 Å². The summed E-state index contributed by atoms with van der Waals surface area (Å²) in [6.45, 7) is 3.72. The number of aryl methyl sites for hydroxylation is 1. The number of halogens is 2. The summed E-state index contributed by atoms with van der Waals surface area (Å²) in [5.41, 5.74) is 7.86. The van der Waals surface area contributed by atoms with Crippen LogP contribution in [-0.4, -0.2) is 43.6 Å². The number of nitrogens with one attached hydrogen (secondary N) is 1. The van der Waals surface area contributed by atoms with Crippen molar-refractivity contribution in [1.29, 1.82) is 0 Å². The Labute approximate surface area is 201 Å². The summed E-state index contributed by atoms with van der Waals surface area (Å²) in [4.78, 5) is 22.2. The molecule has 8 nitrogen and oxygen atoms in total. The zero-order chi connectivity index (χ0) is 24.1. The minimum atomic E-state index is -0.839. The Morgan fingerprint density at radius 1 is 1.38 bits per heavy atom. The molecule has 4 atom stereocenters. The third-order valence-corrected chi connectivity index (χ3v) is 7.11. The highest BCUT2D eigenvalue weighted by Crippen LogP contribution is 2.45. The summed E-state index contributed by atoms with van der Waals surface area (Å²) < 4.78 is 23.2. The fourth-order valence-electron chi connectivity index (χ4n) is 5.20. The Bertz CT molecular complexity index is 1280. The summed E-state index contributed by atoms with van der Waals surface area (Å²) in [6, 6.07) is 1.07. The first-order chi connectivity index (χ1) is 16.3. The summed E-state index contributed by atoms with van der Waals surface area (Å²) in [7, 11) is 0. The Morgan fingerprint density at radius 3 is 2.91 bits per heavy atom. The topological polar surface area (TPSA) is 115 Å². The van der Waals surface area contributed by atoms with Crippen LogP contribution in [0.5, 0.6) is 5.75 Å². The van der Waals surface area contributed by atoms with Crippen LogP contribution in [0.4, 0.5) is 10.2 Å².